The molecule has 0 heterocycles. The minimum Gasteiger partial charge on any atom is -0.484 e. The van der Waals surface area contributed by atoms with Crippen molar-refractivity contribution >= 4 is 34.0 Å². The van der Waals surface area contributed by atoms with Gasteiger partial charge in [-0.2, -0.15) is 0 Å². The third-order valence-electron chi connectivity index (χ3n) is 1.83. The van der Waals surface area contributed by atoms with Crippen LogP contribution in [0.2, 0.25) is 0 Å². The van der Waals surface area contributed by atoms with Crippen LogP contribution in [0.1, 0.15) is 6.92 Å². The first kappa shape index (κ1) is 17.5. The van der Waals surface area contributed by atoms with E-state index in [-0.39, 0.29) is 24.9 Å². The Morgan fingerprint density at radius 3 is 2.68 bits per heavy atom. The highest BCUT2D eigenvalue weighted by Gasteiger charge is 2.04. The van der Waals surface area contributed by atoms with E-state index in [9.17, 15) is 8.42 Å². The third-order valence-corrected chi connectivity index (χ3v) is 2.43. The molecule has 19 heavy (non-hydrogen) atoms. The number of nitrogens with one attached hydrogen (secondary N) is 2. The lowest BCUT2D eigenvalue weighted by molar-refractivity contribution is 0.273. The van der Waals surface area contributed by atoms with E-state index in [0.29, 0.717) is 18.0 Å². The van der Waals surface area contributed by atoms with Gasteiger partial charge in [0.25, 0.3) is 0 Å². The summed E-state index contributed by atoms with van der Waals surface area (Å²) in [6, 6.07) is 6.49. The highest BCUT2D eigenvalue weighted by atomic mass is 35.5. The fourth-order valence-electron chi connectivity index (χ4n) is 1.23. The lowest BCUT2D eigenvalue weighted by atomic mass is 10.3. The molecule has 1 rings (SSSR count). The molecule has 0 radical (unpaired) electrons. The van der Waals surface area contributed by atoms with Crippen LogP contribution < -0.4 is 9.46 Å². The van der Waals surface area contributed by atoms with Crippen LogP contribution in [0.5, 0.6) is 5.75 Å². The van der Waals surface area contributed by atoms with Crippen molar-refractivity contribution < 1.29 is 17.9 Å². The zero-order valence-electron chi connectivity index (χ0n) is 10.7. The van der Waals surface area contributed by atoms with Gasteiger partial charge in [-0.15, -0.1) is 12.4 Å². The fraction of sp³-hybridized carbons (Fsp3) is 0.364. The average molecular weight is 309 g/mol. The zero-order valence-corrected chi connectivity index (χ0v) is 12.3. The highest BCUT2D eigenvalue weighted by Crippen LogP contribution is 2.18. The van der Waals surface area contributed by atoms with Crippen molar-refractivity contribution in [2.24, 2.45) is 0 Å². The van der Waals surface area contributed by atoms with Gasteiger partial charge in [0.2, 0.25) is 15.9 Å². The highest BCUT2D eigenvalue weighted by molar-refractivity contribution is 7.92. The van der Waals surface area contributed by atoms with Gasteiger partial charge >= 0.3 is 0 Å². The Morgan fingerprint density at radius 1 is 1.42 bits per heavy atom. The van der Waals surface area contributed by atoms with Crippen molar-refractivity contribution in [3.05, 3.63) is 24.3 Å². The van der Waals surface area contributed by atoms with Crippen LogP contribution in [0.3, 0.4) is 0 Å². The van der Waals surface area contributed by atoms with Crippen LogP contribution in [0.4, 0.5) is 5.69 Å². The molecular formula is C11H17ClN2O4S. The van der Waals surface area contributed by atoms with Crippen molar-refractivity contribution in [3.8, 4) is 5.75 Å². The summed E-state index contributed by atoms with van der Waals surface area (Å²) in [5, 5.41) is 7.38. The molecule has 0 spiro atoms. The maximum absolute atomic E-state index is 11.1. The predicted octanol–water partition coefficient (Wildman–Crippen LogP) is 1.87. The molecule has 0 saturated heterocycles. The Kier molecular flexibility index (Phi) is 7.25. The SMILES string of the molecule is CCOC(=N)COc1cccc(NS(C)(=O)=O)c1.Cl. The van der Waals surface area contributed by atoms with Crippen molar-refractivity contribution in [2.45, 2.75) is 6.92 Å². The summed E-state index contributed by atoms with van der Waals surface area (Å²) < 4.78 is 34.7. The summed E-state index contributed by atoms with van der Waals surface area (Å²) in [6.45, 7) is 2.21. The number of sulfonamides is 1. The Bertz CT molecular complexity index is 519. The quantitative estimate of drug-likeness (QED) is 0.620. The first-order valence-corrected chi connectivity index (χ1v) is 7.20. The molecule has 6 nitrogen and oxygen atoms in total. The number of ether oxygens (including phenoxy) is 2. The molecule has 0 aliphatic carbocycles. The molecule has 0 bridgehead atoms. The monoisotopic (exact) mass is 308 g/mol. The van der Waals surface area contributed by atoms with Crippen molar-refractivity contribution in [2.75, 3.05) is 24.2 Å². The summed E-state index contributed by atoms with van der Waals surface area (Å²) >= 11 is 0. The molecule has 1 aromatic rings. The number of halogens is 1. The summed E-state index contributed by atoms with van der Waals surface area (Å²) in [5.41, 5.74) is 0.415. The molecule has 2 N–H and O–H groups in total. The second-order valence-corrected chi connectivity index (χ2v) is 5.30. The predicted molar refractivity (Wildman–Crippen MR) is 77.0 cm³/mol. The van der Waals surface area contributed by atoms with Gasteiger partial charge in [-0.25, -0.2) is 8.42 Å². The lowest BCUT2D eigenvalue weighted by Gasteiger charge is -2.09. The van der Waals surface area contributed by atoms with E-state index in [4.69, 9.17) is 14.9 Å². The molecule has 0 aliphatic rings. The van der Waals surface area contributed by atoms with Crippen molar-refractivity contribution in [3.63, 3.8) is 0 Å². The number of hydrogen-bond donors (Lipinski definition) is 2. The van der Waals surface area contributed by atoms with E-state index >= 15 is 0 Å². The van der Waals surface area contributed by atoms with Crippen LogP contribution in [-0.4, -0.2) is 33.8 Å². The molecule has 1 aromatic carbocycles. The van der Waals surface area contributed by atoms with E-state index in [1.807, 2.05) is 0 Å². The van der Waals surface area contributed by atoms with E-state index in [1.54, 1.807) is 31.2 Å². The van der Waals surface area contributed by atoms with Gasteiger partial charge in [-0.1, -0.05) is 6.07 Å². The van der Waals surface area contributed by atoms with E-state index in [1.165, 1.54) is 0 Å². The van der Waals surface area contributed by atoms with Crippen LogP contribution in [-0.2, 0) is 14.8 Å². The van der Waals surface area contributed by atoms with Gasteiger partial charge in [0.1, 0.15) is 5.75 Å². The summed E-state index contributed by atoms with van der Waals surface area (Å²) in [4.78, 5) is 0. The number of anilines is 1. The fourth-order valence-corrected chi connectivity index (χ4v) is 1.78. The van der Waals surface area contributed by atoms with E-state index in [2.05, 4.69) is 4.72 Å². The molecule has 0 aliphatic heterocycles. The standard InChI is InChI=1S/C11H16N2O4S.ClH/c1-3-16-11(12)8-17-10-6-4-5-9(7-10)13-18(2,14)15;/h4-7,12-13H,3,8H2,1-2H3;1H. The van der Waals surface area contributed by atoms with Gasteiger partial charge in [0.15, 0.2) is 6.61 Å². The van der Waals surface area contributed by atoms with Crippen molar-refractivity contribution in [1.82, 2.24) is 0 Å². The van der Waals surface area contributed by atoms with Gasteiger partial charge in [0, 0.05) is 6.07 Å². The van der Waals surface area contributed by atoms with E-state index in [0.717, 1.165) is 6.26 Å². The normalized spacial score (nSPS) is 10.2. The molecular weight excluding hydrogens is 292 g/mol. The minimum atomic E-state index is -3.31. The van der Waals surface area contributed by atoms with Crippen molar-refractivity contribution in [1.29, 1.82) is 5.41 Å². The Labute approximate surface area is 119 Å². The first-order chi connectivity index (χ1) is 8.40. The maximum Gasteiger partial charge on any atom is 0.229 e. The van der Waals surface area contributed by atoms with Crippen LogP contribution >= 0.6 is 12.4 Å². The molecule has 0 unspecified atom stereocenters. The topological polar surface area (TPSA) is 88.5 Å². The summed E-state index contributed by atoms with van der Waals surface area (Å²) in [5.74, 6) is 0.493. The number of benzene rings is 1. The largest absolute Gasteiger partial charge is 0.484 e. The zero-order chi connectivity index (χ0) is 13.6. The Hall–Kier alpha value is -1.47. The van der Waals surface area contributed by atoms with Gasteiger partial charge in [0.05, 0.1) is 18.6 Å². The summed E-state index contributed by atoms with van der Waals surface area (Å²) in [7, 11) is -3.31. The molecule has 0 atom stereocenters. The molecule has 108 valence electrons. The smallest absolute Gasteiger partial charge is 0.229 e. The average Bonchev–Trinajstić information content (AvgIpc) is 2.25. The molecule has 0 saturated carbocycles. The van der Waals surface area contributed by atoms with Crippen LogP contribution in [0.15, 0.2) is 24.3 Å². The van der Waals surface area contributed by atoms with Gasteiger partial charge in [-0.3, -0.25) is 10.1 Å². The molecule has 0 fully saturated rings. The Morgan fingerprint density at radius 2 is 2.11 bits per heavy atom. The van der Waals surface area contributed by atoms with E-state index < -0.39 is 10.0 Å². The second kappa shape index (κ2) is 7.85. The summed E-state index contributed by atoms with van der Waals surface area (Å²) in [6.07, 6.45) is 1.07. The number of rotatable bonds is 6. The van der Waals surface area contributed by atoms with Crippen LogP contribution in [0, 0.1) is 5.41 Å². The van der Waals surface area contributed by atoms with Gasteiger partial charge in [-0.05, 0) is 19.1 Å². The molecule has 0 amide bonds. The van der Waals surface area contributed by atoms with Crippen LogP contribution in [0.25, 0.3) is 0 Å². The third kappa shape index (κ3) is 7.53. The minimum absolute atomic E-state index is 0. The molecule has 0 aromatic heterocycles. The second-order valence-electron chi connectivity index (χ2n) is 3.55. The Balaban J connectivity index is 0.00000324. The maximum atomic E-state index is 11.1. The number of hydrogen-bond acceptors (Lipinski definition) is 5. The first-order valence-electron chi connectivity index (χ1n) is 5.31. The lowest BCUT2D eigenvalue weighted by Crippen LogP contribution is -2.14. The molecule has 8 heteroatoms. The van der Waals surface area contributed by atoms with Gasteiger partial charge < -0.3 is 9.47 Å².